The lowest BCUT2D eigenvalue weighted by Gasteiger charge is -2.35. The van der Waals surface area contributed by atoms with Gasteiger partial charge in [-0.2, -0.15) is 0 Å². The molecule has 2 aliphatic carbocycles. The van der Waals surface area contributed by atoms with Gasteiger partial charge < -0.3 is 9.47 Å². The third-order valence-electron chi connectivity index (χ3n) is 5.57. The molecule has 0 N–H and O–H groups in total. The SMILES string of the molecule is CC1C2CC(CC3(C)OCCO3)C(C2)C1C. The van der Waals surface area contributed by atoms with Gasteiger partial charge in [-0.1, -0.05) is 13.8 Å². The van der Waals surface area contributed by atoms with Crippen LogP contribution in [0.2, 0.25) is 0 Å². The molecule has 5 unspecified atom stereocenters. The Hall–Kier alpha value is -0.0800. The topological polar surface area (TPSA) is 18.5 Å². The van der Waals surface area contributed by atoms with Crippen molar-refractivity contribution in [3.05, 3.63) is 0 Å². The van der Waals surface area contributed by atoms with E-state index in [2.05, 4.69) is 20.8 Å². The fraction of sp³-hybridized carbons (Fsp3) is 1.00. The standard InChI is InChI=1S/C14H24O2/c1-9-10(2)13-7-11(9)6-12(13)8-14(3)15-4-5-16-14/h9-13H,4-8H2,1-3H3. The second-order valence-corrected chi connectivity index (χ2v) is 6.41. The van der Waals surface area contributed by atoms with Crippen LogP contribution < -0.4 is 0 Å². The zero-order valence-corrected chi connectivity index (χ0v) is 10.7. The number of hydrogen-bond donors (Lipinski definition) is 0. The molecule has 3 fully saturated rings. The Kier molecular flexibility index (Phi) is 2.56. The fourth-order valence-electron chi connectivity index (χ4n) is 4.48. The summed E-state index contributed by atoms with van der Waals surface area (Å²) in [7, 11) is 0. The predicted octanol–water partition coefficient (Wildman–Crippen LogP) is 3.07. The van der Waals surface area contributed by atoms with Crippen LogP contribution in [0.5, 0.6) is 0 Å². The minimum Gasteiger partial charge on any atom is -0.348 e. The highest BCUT2D eigenvalue weighted by atomic mass is 16.7. The molecule has 1 heterocycles. The van der Waals surface area contributed by atoms with Crippen molar-refractivity contribution in [2.24, 2.45) is 29.6 Å². The largest absolute Gasteiger partial charge is 0.348 e. The van der Waals surface area contributed by atoms with Gasteiger partial charge in [-0.25, -0.2) is 0 Å². The van der Waals surface area contributed by atoms with Gasteiger partial charge >= 0.3 is 0 Å². The van der Waals surface area contributed by atoms with Crippen molar-refractivity contribution in [1.29, 1.82) is 0 Å². The first kappa shape index (κ1) is 11.0. The van der Waals surface area contributed by atoms with Gasteiger partial charge in [0.15, 0.2) is 5.79 Å². The predicted molar refractivity (Wildman–Crippen MR) is 63.0 cm³/mol. The highest BCUT2D eigenvalue weighted by Crippen LogP contribution is 2.57. The Labute approximate surface area is 98.7 Å². The number of ether oxygens (including phenoxy) is 2. The van der Waals surface area contributed by atoms with E-state index in [0.29, 0.717) is 0 Å². The smallest absolute Gasteiger partial charge is 0.166 e. The molecular formula is C14H24O2. The normalized spacial score (nSPS) is 50.1. The zero-order chi connectivity index (χ0) is 11.3. The summed E-state index contributed by atoms with van der Waals surface area (Å²) in [5.41, 5.74) is 0. The van der Waals surface area contributed by atoms with Gasteiger partial charge in [0.1, 0.15) is 0 Å². The Balaban J connectivity index is 1.66. The molecule has 2 nitrogen and oxygen atoms in total. The quantitative estimate of drug-likeness (QED) is 0.717. The van der Waals surface area contributed by atoms with Gasteiger partial charge in [0.25, 0.3) is 0 Å². The van der Waals surface area contributed by atoms with Crippen LogP contribution >= 0.6 is 0 Å². The minimum absolute atomic E-state index is 0.266. The first-order valence-corrected chi connectivity index (χ1v) is 6.87. The highest BCUT2D eigenvalue weighted by Gasteiger charge is 2.50. The summed E-state index contributed by atoms with van der Waals surface area (Å²) in [5, 5.41) is 0. The summed E-state index contributed by atoms with van der Waals surface area (Å²) in [4.78, 5) is 0. The van der Waals surface area contributed by atoms with Crippen LogP contribution in [0, 0.1) is 29.6 Å². The monoisotopic (exact) mass is 224 g/mol. The summed E-state index contributed by atoms with van der Waals surface area (Å²) in [6, 6.07) is 0. The fourth-order valence-corrected chi connectivity index (χ4v) is 4.48. The second-order valence-electron chi connectivity index (χ2n) is 6.41. The molecule has 0 aromatic heterocycles. The van der Waals surface area contributed by atoms with Crippen molar-refractivity contribution in [3.63, 3.8) is 0 Å². The van der Waals surface area contributed by atoms with Crippen molar-refractivity contribution in [3.8, 4) is 0 Å². The van der Waals surface area contributed by atoms with Gasteiger partial charge in [-0.05, 0) is 49.4 Å². The maximum atomic E-state index is 5.75. The second kappa shape index (κ2) is 3.71. The molecule has 2 bridgehead atoms. The molecule has 0 spiro atoms. The van der Waals surface area contributed by atoms with E-state index >= 15 is 0 Å². The average Bonchev–Trinajstić information content (AvgIpc) is 2.88. The molecule has 2 heteroatoms. The zero-order valence-electron chi connectivity index (χ0n) is 10.7. The summed E-state index contributed by atoms with van der Waals surface area (Å²) in [5.74, 6) is 4.35. The van der Waals surface area contributed by atoms with E-state index in [1.165, 1.54) is 12.8 Å². The van der Waals surface area contributed by atoms with Gasteiger partial charge in [0.2, 0.25) is 0 Å². The van der Waals surface area contributed by atoms with E-state index in [0.717, 1.165) is 49.2 Å². The maximum absolute atomic E-state index is 5.75. The first-order chi connectivity index (χ1) is 7.59. The van der Waals surface area contributed by atoms with Gasteiger partial charge in [-0.15, -0.1) is 0 Å². The van der Waals surface area contributed by atoms with Crippen molar-refractivity contribution in [1.82, 2.24) is 0 Å². The molecule has 2 saturated carbocycles. The molecule has 0 aromatic carbocycles. The Morgan fingerprint density at radius 2 is 1.75 bits per heavy atom. The summed E-state index contributed by atoms with van der Waals surface area (Å²) < 4.78 is 11.5. The Morgan fingerprint density at radius 3 is 2.31 bits per heavy atom. The number of rotatable bonds is 2. The molecule has 0 radical (unpaired) electrons. The third kappa shape index (κ3) is 1.62. The van der Waals surface area contributed by atoms with Crippen LogP contribution in [-0.4, -0.2) is 19.0 Å². The van der Waals surface area contributed by atoms with Gasteiger partial charge in [0.05, 0.1) is 13.2 Å². The molecule has 16 heavy (non-hydrogen) atoms. The lowest BCUT2D eigenvalue weighted by molar-refractivity contribution is -0.159. The maximum Gasteiger partial charge on any atom is 0.166 e. The van der Waals surface area contributed by atoms with Crippen molar-refractivity contribution >= 4 is 0 Å². The summed E-state index contributed by atoms with van der Waals surface area (Å²) in [6.07, 6.45) is 3.99. The van der Waals surface area contributed by atoms with E-state index in [1.54, 1.807) is 0 Å². The van der Waals surface area contributed by atoms with Crippen LogP contribution in [0.15, 0.2) is 0 Å². The Morgan fingerprint density at radius 1 is 1.06 bits per heavy atom. The minimum atomic E-state index is -0.266. The molecule has 92 valence electrons. The van der Waals surface area contributed by atoms with Crippen molar-refractivity contribution in [2.75, 3.05) is 13.2 Å². The van der Waals surface area contributed by atoms with Crippen LogP contribution in [0.1, 0.15) is 40.0 Å². The molecule has 0 amide bonds. The molecule has 1 aliphatic heterocycles. The van der Waals surface area contributed by atoms with Crippen LogP contribution in [0.3, 0.4) is 0 Å². The molecule has 3 rings (SSSR count). The lowest BCUT2D eigenvalue weighted by Crippen LogP contribution is -2.33. The van der Waals surface area contributed by atoms with E-state index in [4.69, 9.17) is 9.47 Å². The molecular weight excluding hydrogens is 200 g/mol. The third-order valence-corrected chi connectivity index (χ3v) is 5.57. The summed E-state index contributed by atoms with van der Waals surface area (Å²) >= 11 is 0. The Bertz CT molecular complexity index is 268. The first-order valence-electron chi connectivity index (χ1n) is 6.87. The molecule has 3 aliphatic rings. The van der Waals surface area contributed by atoms with Crippen LogP contribution in [0.4, 0.5) is 0 Å². The molecule has 5 atom stereocenters. The van der Waals surface area contributed by atoms with E-state index in [1.807, 2.05) is 0 Å². The van der Waals surface area contributed by atoms with Crippen LogP contribution in [-0.2, 0) is 9.47 Å². The van der Waals surface area contributed by atoms with E-state index in [-0.39, 0.29) is 5.79 Å². The number of fused-ring (bicyclic) bond motifs is 2. The van der Waals surface area contributed by atoms with E-state index in [9.17, 15) is 0 Å². The average molecular weight is 224 g/mol. The lowest BCUT2D eigenvalue weighted by atomic mass is 9.73. The molecule has 0 aromatic rings. The van der Waals surface area contributed by atoms with Gasteiger partial charge in [-0.3, -0.25) is 0 Å². The summed E-state index contributed by atoms with van der Waals surface area (Å²) in [6.45, 7) is 8.57. The highest BCUT2D eigenvalue weighted by molar-refractivity contribution is 4.98. The van der Waals surface area contributed by atoms with Crippen molar-refractivity contribution in [2.45, 2.75) is 45.8 Å². The van der Waals surface area contributed by atoms with Gasteiger partial charge in [0, 0.05) is 6.42 Å². The van der Waals surface area contributed by atoms with Crippen LogP contribution in [0.25, 0.3) is 0 Å². The molecule has 1 saturated heterocycles. The number of hydrogen-bond acceptors (Lipinski definition) is 2. The van der Waals surface area contributed by atoms with E-state index < -0.39 is 0 Å². The van der Waals surface area contributed by atoms with Crippen molar-refractivity contribution < 1.29 is 9.47 Å².